The largest absolute Gasteiger partial charge is 0.508 e. The number of hydrogen-bond donors (Lipinski definition) is 2. The van der Waals surface area contributed by atoms with Crippen LogP contribution in [0.25, 0.3) is 5.69 Å². The Hall–Kier alpha value is -3.12. The van der Waals surface area contributed by atoms with Crippen LogP contribution in [0, 0.1) is 5.92 Å². The van der Waals surface area contributed by atoms with Gasteiger partial charge in [0.05, 0.1) is 11.6 Å². The van der Waals surface area contributed by atoms with E-state index in [4.69, 9.17) is 0 Å². The molecule has 1 fully saturated rings. The number of hydrogen-bond acceptors (Lipinski definition) is 4. The Balaban J connectivity index is 1.33. The quantitative estimate of drug-likeness (QED) is 0.676. The Morgan fingerprint density at radius 3 is 2.83 bits per heavy atom. The van der Waals surface area contributed by atoms with E-state index in [0.717, 1.165) is 50.3 Å². The number of likely N-dealkylation sites (tertiary alicyclic amines) is 1. The normalized spacial score (nSPS) is 17.2. The lowest BCUT2D eigenvalue weighted by Crippen LogP contribution is -2.41. The number of benzene rings is 2. The van der Waals surface area contributed by atoms with E-state index in [9.17, 15) is 9.90 Å². The fourth-order valence-electron chi connectivity index (χ4n) is 3.81. The molecule has 4 rings (SSSR count). The molecule has 1 atom stereocenters. The number of phenolic OH excluding ortho intramolecular Hbond substituents is 1. The van der Waals surface area contributed by atoms with Crippen LogP contribution in [-0.4, -0.2) is 45.3 Å². The Morgan fingerprint density at radius 2 is 2.03 bits per heavy atom. The Labute approximate surface area is 170 Å². The SMILES string of the molecule is O=C(Nc1cccc(-n2cccn2)c1)C1CCCN(CCc2ccc(O)cc2)C1. The summed E-state index contributed by atoms with van der Waals surface area (Å²) in [5.74, 6) is 0.369. The van der Waals surface area contributed by atoms with Gasteiger partial charge >= 0.3 is 0 Å². The predicted octanol–water partition coefficient (Wildman–Crippen LogP) is 3.47. The molecule has 2 N–H and O–H groups in total. The highest BCUT2D eigenvalue weighted by Gasteiger charge is 2.25. The summed E-state index contributed by atoms with van der Waals surface area (Å²) in [7, 11) is 0. The predicted molar refractivity (Wildman–Crippen MR) is 113 cm³/mol. The summed E-state index contributed by atoms with van der Waals surface area (Å²) in [6.45, 7) is 2.72. The molecule has 0 spiro atoms. The van der Waals surface area contributed by atoms with Crippen LogP contribution in [0.4, 0.5) is 5.69 Å². The number of piperidine rings is 1. The molecule has 2 aromatic carbocycles. The van der Waals surface area contributed by atoms with Gasteiger partial charge in [0.25, 0.3) is 0 Å². The van der Waals surface area contributed by atoms with E-state index in [1.165, 1.54) is 5.56 Å². The van der Waals surface area contributed by atoms with Crippen LogP contribution in [0.15, 0.2) is 67.0 Å². The summed E-state index contributed by atoms with van der Waals surface area (Å²) in [5.41, 5.74) is 2.92. The molecule has 0 saturated carbocycles. The van der Waals surface area contributed by atoms with Gasteiger partial charge in [-0.3, -0.25) is 4.79 Å². The van der Waals surface area contributed by atoms with Crippen LogP contribution in [0.1, 0.15) is 18.4 Å². The molecule has 1 aliphatic heterocycles. The minimum Gasteiger partial charge on any atom is -0.508 e. The van der Waals surface area contributed by atoms with Crippen molar-refractivity contribution in [3.63, 3.8) is 0 Å². The third kappa shape index (κ3) is 5.03. The van der Waals surface area contributed by atoms with E-state index >= 15 is 0 Å². The van der Waals surface area contributed by atoms with Crippen LogP contribution >= 0.6 is 0 Å². The van der Waals surface area contributed by atoms with Crippen molar-refractivity contribution in [2.24, 2.45) is 5.92 Å². The summed E-state index contributed by atoms with van der Waals surface area (Å²) < 4.78 is 1.78. The fraction of sp³-hybridized carbons (Fsp3) is 0.304. The van der Waals surface area contributed by atoms with Crippen molar-refractivity contribution in [3.8, 4) is 11.4 Å². The summed E-state index contributed by atoms with van der Waals surface area (Å²) in [6.07, 6.45) is 6.48. The molecule has 1 amide bonds. The molecular formula is C23H26N4O2. The lowest BCUT2D eigenvalue weighted by molar-refractivity contribution is -0.121. The molecule has 0 aliphatic carbocycles. The van der Waals surface area contributed by atoms with E-state index in [0.29, 0.717) is 5.75 Å². The van der Waals surface area contributed by atoms with E-state index < -0.39 is 0 Å². The van der Waals surface area contributed by atoms with Crippen molar-refractivity contribution in [2.45, 2.75) is 19.3 Å². The molecular weight excluding hydrogens is 364 g/mol. The average Bonchev–Trinajstić information content (AvgIpc) is 3.29. The molecule has 1 unspecified atom stereocenters. The second-order valence-corrected chi connectivity index (χ2v) is 7.55. The first-order valence-corrected chi connectivity index (χ1v) is 10.1. The zero-order valence-electron chi connectivity index (χ0n) is 16.4. The smallest absolute Gasteiger partial charge is 0.228 e. The lowest BCUT2D eigenvalue weighted by atomic mass is 9.96. The molecule has 1 saturated heterocycles. The molecule has 150 valence electrons. The van der Waals surface area contributed by atoms with Crippen molar-refractivity contribution < 1.29 is 9.90 Å². The maximum Gasteiger partial charge on any atom is 0.228 e. The van der Waals surface area contributed by atoms with Gasteiger partial charge in [-0.15, -0.1) is 0 Å². The number of phenols is 1. The molecule has 3 aromatic rings. The van der Waals surface area contributed by atoms with Crippen molar-refractivity contribution in [1.82, 2.24) is 14.7 Å². The van der Waals surface area contributed by atoms with Gasteiger partial charge in [-0.1, -0.05) is 18.2 Å². The highest BCUT2D eigenvalue weighted by Crippen LogP contribution is 2.21. The highest BCUT2D eigenvalue weighted by atomic mass is 16.3. The van der Waals surface area contributed by atoms with Crippen molar-refractivity contribution >= 4 is 11.6 Å². The average molecular weight is 390 g/mol. The number of carbonyl (C=O) groups excluding carboxylic acids is 1. The summed E-state index contributed by atoms with van der Waals surface area (Å²) in [6, 6.07) is 17.0. The molecule has 6 heteroatoms. The van der Waals surface area contributed by atoms with E-state index in [1.54, 1.807) is 23.0 Å². The van der Waals surface area contributed by atoms with Crippen LogP contribution in [-0.2, 0) is 11.2 Å². The standard InChI is InChI=1S/C23H26N4O2/c28-22-9-7-18(8-10-22)11-15-26-13-2-4-19(17-26)23(29)25-20-5-1-6-21(16-20)27-14-3-12-24-27/h1,3,5-10,12,14,16,19,28H,2,4,11,13,15,17H2,(H,25,29). The number of aromatic nitrogens is 2. The second-order valence-electron chi connectivity index (χ2n) is 7.55. The third-order valence-electron chi connectivity index (χ3n) is 5.41. The van der Waals surface area contributed by atoms with Crippen LogP contribution in [0.2, 0.25) is 0 Å². The highest BCUT2D eigenvalue weighted by molar-refractivity contribution is 5.93. The van der Waals surface area contributed by atoms with Gasteiger partial charge in [-0.2, -0.15) is 5.10 Å². The van der Waals surface area contributed by atoms with Gasteiger partial charge in [-0.25, -0.2) is 4.68 Å². The van der Waals surface area contributed by atoms with Crippen molar-refractivity contribution in [1.29, 1.82) is 0 Å². The van der Waals surface area contributed by atoms with Gasteiger partial charge in [0.1, 0.15) is 5.75 Å². The summed E-state index contributed by atoms with van der Waals surface area (Å²) >= 11 is 0. The fourth-order valence-corrected chi connectivity index (χ4v) is 3.81. The maximum absolute atomic E-state index is 12.8. The monoisotopic (exact) mass is 390 g/mol. The maximum atomic E-state index is 12.8. The molecule has 0 radical (unpaired) electrons. The van der Waals surface area contributed by atoms with Crippen molar-refractivity contribution in [3.05, 3.63) is 72.6 Å². The first-order chi connectivity index (χ1) is 14.2. The molecule has 6 nitrogen and oxygen atoms in total. The zero-order valence-corrected chi connectivity index (χ0v) is 16.4. The van der Waals surface area contributed by atoms with Crippen LogP contribution < -0.4 is 5.32 Å². The Morgan fingerprint density at radius 1 is 1.17 bits per heavy atom. The molecule has 1 aliphatic rings. The van der Waals surface area contributed by atoms with Crippen LogP contribution in [0.3, 0.4) is 0 Å². The van der Waals surface area contributed by atoms with E-state index in [2.05, 4.69) is 15.3 Å². The number of nitrogens with one attached hydrogen (secondary N) is 1. The van der Waals surface area contributed by atoms with E-state index in [1.807, 2.05) is 48.7 Å². The number of amides is 1. The second kappa shape index (κ2) is 8.92. The number of aromatic hydroxyl groups is 1. The topological polar surface area (TPSA) is 70.4 Å². The van der Waals surface area contributed by atoms with Gasteiger partial charge in [0, 0.05) is 31.2 Å². The minimum atomic E-state index is -0.00285. The summed E-state index contributed by atoms with van der Waals surface area (Å²) in [4.78, 5) is 15.2. The molecule has 1 aromatic heterocycles. The molecule has 2 heterocycles. The molecule has 29 heavy (non-hydrogen) atoms. The first-order valence-electron chi connectivity index (χ1n) is 10.1. The molecule has 0 bridgehead atoms. The number of carbonyl (C=O) groups is 1. The van der Waals surface area contributed by atoms with Gasteiger partial charge < -0.3 is 15.3 Å². The number of anilines is 1. The third-order valence-corrected chi connectivity index (χ3v) is 5.41. The zero-order chi connectivity index (χ0) is 20.1. The summed E-state index contributed by atoms with van der Waals surface area (Å²) in [5, 5.41) is 16.7. The van der Waals surface area contributed by atoms with Gasteiger partial charge in [0.15, 0.2) is 0 Å². The number of nitrogens with zero attached hydrogens (tertiary/aromatic N) is 3. The Kier molecular flexibility index (Phi) is 5.91. The van der Waals surface area contributed by atoms with Gasteiger partial charge in [0.2, 0.25) is 5.91 Å². The number of rotatable bonds is 6. The lowest BCUT2D eigenvalue weighted by Gasteiger charge is -2.32. The minimum absolute atomic E-state index is 0.00285. The van der Waals surface area contributed by atoms with Crippen LogP contribution in [0.5, 0.6) is 5.75 Å². The first kappa shape index (κ1) is 19.2. The van der Waals surface area contributed by atoms with Gasteiger partial charge in [-0.05, 0) is 67.8 Å². The Bertz CT molecular complexity index is 938. The van der Waals surface area contributed by atoms with Crippen molar-refractivity contribution in [2.75, 3.05) is 25.0 Å². The van der Waals surface area contributed by atoms with E-state index in [-0.39, 0.29) is 11.8 Å².